The molecule has 23 heavy (non-hydrogen) atoms. The normalized spacial score (nSPS) is 15.1. The van der Waals surface area contributed by atoms with Crippen LogP contribution < -0.4 is 10.3 Å². The van der Waals surface area contributed by atoms with E-state index in [9.17, 15) is 4.79 Å². The van der Waals surface area contributed by atoms with Gasteiger partial charge in [0.2, 0.25) is 0 Å². The zero-order chi connectivity index (χ0) is 16.2. The van der Waals surface area contributed by atoms with Crippen molar-refractivity contribution in [3.63, 3.8) is 0 Å². The second-order valence-electron chi connectivity index (χ2n) is 5.95. The standard InChI is InChI=1S/C19H21N3O/c1-22(2)16-12-10-15(11-13-16)19(23)21-20-18-9-5-7-14-6-3-4-8-17(14)18/h3-4,6,8,10-13H,5,7,9H2,1-2H3,(H,21,23)/b20-18+. The van der Waals surface area contributed by atoms with Gasteiger partial charge in [-0.05, 0) is 49.1 Å². The molecule has 1 amide bonds. The van der Waals surface area contributed by atoms with Gasteiger partial charge in [-0.1, -0.05) is 24.3 Å². The Bertz CT molecular complexity index is 733. The first-order valence-corrected chi connectivity index (χ1v) is 7.88. The fraction of sp³-hybridized carbons (Fsp3) is 0.263. The summed E-state index contributed by atoms with van der Waals surface area (Å²) < 4.78 is 0. The zero-order valence-electron chi connectivity index (χ0n) is 13.5. The van der Waals surface area contributed by atoms with Gasteiger partial charge in [0.05, 0.1) is 5.71 Å². The van der Waals surface area contributed by atoms with E-state index in [0.29, 0.717) is 5.56 Å². The molecule has 4 nitrogen and oxygen atoms in total. The van der Waals surface area contributed by atoms with Crippen LogP contribution in [0.1, 0.15) is 34.3 Å². The summed E-state index contributed by atoms with van der Waals surface area (Å²) in [5.74, 6) is -0.175. The number of carbonyl (C=O) groups is 1. The molecule has 0 saturated carbocycles. The summed E-state index contributed by atoms with van der Waals surface area (Å²) >= 11 is 0. The third-order valence-corrected chi connectivity index (χ3v) is 4.13. The molecule has 0 atom stereocenters. The highest BCUT2D eigenvalue weighted by Gasteiger charge is 2.15. The Morgan fingerprint density at radius 2 is 1.78 bits per heavy atom. The number of carbonyl (C=O) groups excluding carboxylic acids is 1. The van der Waals surface area contributed by atoms with Crippen molar-refractivity contribution in [2.24, 2.45) is 5.10 Å². The van der Waals surface area contributed by atoms with Gasteiger partial charge in [0.25, 0.3) is 5.91 Å². The summed E-state index contributed by atoms with van der Waals surface area (Å²) in [6, 6.07) is 15.8. The number of benzene rings is 2. The van der Waals surface area contributed by atoms with E-state index in [0.717, 1.165) is 36.2 Å². The predicted molar refractivity (Wildman–Crippen MR) is 94.2 cm³/mol. The van der Waals surface area contributed by atoms with Gasteiger partial charge in [-0.25, -0.2) is 5.43 Å². The Morgan fingerprint density at radius 3 is 2.52 bits per heavy atom. The van der Waals surface area contributed by atoms with Crippen LogP contribution >= 0.6 is 0 Å². The molecule has 0 aliphatic heterocycles. The number of nitrogens with zero attached hydrogens (tertiary/aromatic N) is 2. The largest absolute Gasteiger partial charge is 0.378 e. The number of rotatable bonds is 3. The lowest BCUT2D eigenvalue weighted by Crippen LogP contribution is -2.22. The van der Waals surface area contributed by atoms with E-state index < -0.39 is 0 Å². The van der Waals surface area contributed by atoms with E-state index >= 15 is 0 Å². The number of aryl methyl sites for hydroxylation is 1. The summed E-state index contributed by atoms with van der Waals surface area (Å²) in [5.41, 5.74) is 7.80. The van der Waals surface area contributed by atoms with Crippen LogP contribution in [-0.4, -0.2) is 25.7 Å². The molecule has 0 bridgehead atoms. The number of nitrogens with one attached hydrogen (secondary N) is 1. The van der Waals surface area contributed by atoms with Crippen LogP contribution in [0.4, 0.5) is 5.69 Å². The van der Waals surface area contributed by atoms with Crippen LogP contribution in [0.2, 0.25) is 0 Å². The smallest absolute Gasteiger partial charge is 0.271 e. The molecule has 0 heterocycles. The lowest BCUT2D eigenvalue weighted by Gasteiger charge is -2.17. The van der Waals surface area contributed by atoms with Crippen molar-refractivity contribution >= 4 is 17.3 Å². The fourth-order valence-corrected chi connectivity index (χ4v) is 2.81. The molecule has 0 saturated heterocycles. The van der Waals surface area contributed by atoms with Gasteiger partial charge in [-0.2, -0.15) is 5.10 Å². The van der Waals surface area contributed by atoms with Crippen molar-refractivity contribution in [3.05, 3.63) is 65.2 Å². The molecule has 0 aromatic heterocycles. The van der Waals surface area contributed by atoms with Gasteiger partial charge in [0, 0.05) is 30.9 Å². The minimum absolute atomic E-state index is 0.175. The molecule has 2 aromatic carbocycles. The predicted octanol–water partition coefficient (Wildman–Crippen LogP) is 3.22. The van der Waals surface area contributed by atoms with Crippen molar-refractivity contribution in [3.8, 4) is 0 Å². The average Bonchev–Trinajstić information content (AvgIpc) is 2.59. The molecule has 1 aliphatic rings. The van der Waals surface area contributed by atoms with E-state index in [4.69, 9.17) is 0 Å². The lowest BCUT2D eigenvalue weighted by molar-refractivity contribution is 0.0955. The minimum Gasteiger partial charge on any atom is -0.378 e. The number of anilines is 1. The van der Waals surface area contributed by atoms with Crippen molar-refractivity contribution in [1.29, 1.82) is 0 Å². The maximum Gasteiger partial charge on any atom is 0.271 e. The molecule has 0 spiro atoms. The summed E-state index contributed by atoms with van der Waals surface area (Å²) in [7, 11) is 3.95. The van der Waals surface area contributed by atoms with Crippen molar-refractivity contribution in [2.75, 3.05) is 19.0 Å². The van der Waals surface area contributed by atoms with Crippen LogP contribution in [0.25, 0.3) is 0 Å². The number of hydrazone groups is 1. The van der Waals surface area contributed by atoms with Crippen molar-refractivity contribution < 1.29 is 4.79 Å². The van der Waals surface area contributed by atoms with Gasteiger partial charge in [-0.15, -0.1) is 0 Å². The maximum absolute atomic E-state index is 12.2. The molecule has 3 rings (SSSR count). The Balaban J connectivity index is 1.74. The monoisotopic (exact) mass is 307 g/mol. The quantitative estimate of drug-likeness (QED) is 0.885. The van der Waals surface area contributed by atoms with Gasteiger partial charge in [0.1, 0.15) is 0 Å². The summed E-state index contributed by atoms with van der Waals surface area (Å²) in [6.45, 7) is 0. The highest BCUT2D eigenvalue weighted by molar-refractivity contribution is 6.04. The molecule has 0 fully saturated rings. The number of amides is 1. The maximum atomic E-state index is 12.2. The van der Waals surface area contributed by atoms with E-state index in [1.165, 1.54) is 5.56 Å². The summed E-state index contributed by atoms with van der Waals surface area (Å²) in [5, 5.41) is 4.37. The third kappa shape index (κ3) is 3.42. The Kier molecular flexibility index (Phi) is 4.42. The molecule has 0 radical (unpaired) electrons. The zero-order valence-corrected chi connectivity index (χ0v) is 13.5. The number of fused-ring (bicyclic) bond motifs is 1. The first-order valence-electron chi connectivity index (χ1n) is 7.88. The van der Waals surface area contributed by atoms with E-state index in [-0.39, 0.29) is 5.91 Å². The molecule has 4 heteroatoms. The van der Waals surface area contributed by atoms with Crippen LogP contribution in [0.15, 0.2) is 53.6 Å². The van der Waals surface area contributed by atoms with Crippen molar-refractivity contribution in [1.82, 2.24) is 5.43 Å². The highest BCUT2D eigenvalue weighted by Crippen LogP contribution is 2.21. The molecular formula is C19H21N3O. The van der Waals surface area contributed by atoms with Gasteiger partial charge in [-0.3, -0.25) is 4.79 Å². The Hall–Kier alpha value is -2.62. The lowest BCUT2D eigenvalue weighted by atomic mass is 9.90. The second-order valence-corrected chi connectivity index (χ2v) is 5.95. The van der Waals surface area contributed by atoms with Crippen molar-refractivity contribution in [2.45, 2.75) is 19.3 Å². The molecule has 118 valence electrons. The SMILES string of the molecule is CN(C)c1ccc(C(=O)N/N=C2\CCCc3ccccc32)cc1. The third-order valence-electron chi connectivity index (χ3n) is 4.13. The van der Waals surface area contributed by atoms with E-state index in [1.807, 2.05) is 55.4 Å². The minimum atomic E-state index is -0.175. The van der Waals surface area contributed by atoms with Crippen LogP contribution in [0.5, 0.6) is 0 Å². The first kappa shape index (κ1) is 15.3. The van der Waals surface area contributed by atoms with Gasteiger partial charge < -0.3 is 4.90 Å². The van der Waals surface area contributed by atoms with Crippen LogP contribution in [-0.2, 0) is 6.42 Å². The Labute approximate surface area is 136 Å². The molecular weight excluding hydrogens is 286 g/mol. The molecule has 0 unspecified atom stereocenters. The summed E-state index contributed by atoms with van der Waals surface area (Å²) in [6.07, 6.45) is 3.05. The Morgan fingerprint density at radius 1 is 1.04 bits per heavy atom. The molecule has 1 aliphatic carbocycles. The molecule has 1 N–H and O–H groups in total. The first-order chi connectivity index (χ1) is 11.1. The highest BCUT2D eigenvalue weighted by atomic mass is 16.2. The van der Waals surface area contributed by atoms with Crippen LogP contribution in [0.3, 0.4) is 0 Å². The van der Waals surface area contributed by atoms with E-state index in [2.05, 4.69) is 22.7 Å². The fourth-order valence-electron chi connectivity index (χ4n) is 2.81. The topological polar surface area (TPSA) is 44.7 Å². The number of hydrogen-bond acceptors (Lipinski definition) is 3. The van der Waals surface area contributed by atoms with Gasteiger partial charge in [0.15, 0.2) is 0 Å². The van der Waals surface area contributed by atoms with Crippen LogP contribution in [0, 0.1) is 0 Å². The van der Waals surface area contributed by atoms with Gasteiger partial charge >= 0.3 is 0 Å². The van der Waals surface area contributed by atoms with E-state index in [1.54, 1.807) is 0 Å². The summed E-state index contributed by atoms with van der Waals surface area (Å²) in [4.78, 5) is 14.2. The average molecular weight is 307 g/mol. The second kappa shape index (κ2) is 6.65. The molecule has 2 aromatic rings. The number of hydrogen-bond donors (Lipinski definition) is 1.